The third kappa shape index (κ3) is 5.72. The second-order valence-electron chi connectivity index (χ2n) is 12.3. The highest BCUT2D eigenvalue weighted by molar-refractivity contribution is 6.05. The van der Waals surface area contributed by atoms with E-state index >= 15 is 0 Å². The Bertz CT molecular complexity index is 2250. The molecule has 2 nitrogen and oxygen atoms in total. The number of benzene rings is 8. The van der Waals surface area contributed by atoms with Crippen molar-refractivity contribution in [1.29, 1.82) is 0 Å². The van der Waals surface area contributed by atoms with E-state index in [0.717, 1.165) is 44.8 Å². The Hall–Kier alpha value is -6.38. The topological polar surface area (TPSA) is 52.0 Å². The third-order valence-corrected chi connectivity index (χ3v) is 9.16. The van der Waals surface area contributed by atoms with E-state index in [1.165, 1.54) is 43.8 Å². The maximum Gasteiger partial charge on any atom is 0.0314 e. The second kappa shape index (κ2) is 12.4. The summed E-state index contributed by atoms with van der Waals surface area (Å²) in [5.74, 6) is 0. The summed E-state index contributed by atoms with van der Waals surface area (Å²) >= 11 is 0. The fourth-order valence-electron chi connectivity index (χ4n) is 6.61. The van der Waals surface area contributed by atoms with Gasteiger partial charge in [-0.25, -0.2) is 0 Å². The Morgan fingerprint density at radius 2 is 0.562 bits per heavy atom. The van der Waals surface area contributed by atoms with Crippen LogP contribution in [0.1, 0.15) is 22.3 Å². The van der Waals surface area contributed by atoms with E-state index < -0.39 is 0 Å². The number of nitrogen functional groups attached to an aromatic ring is 2. The van der Waals surface area contributed by atoms with Gasteiger partial charge in [-0.3, -0.25) is 0 Å². The lowest BCUT2D eigenvalue weighted by Crippen LogP contribution is -1.99. The molecule has 0 radical (unpaired) electrons. The van der Waals surface area contributed by atoms with E-state index in [2.05, 4.69) is 158 Å². The molecule has 8 aromatic carbocycles. The first-order valence-electron chi connectivity index (χ1n) is 16.2. The van der Waals surface area contributed by atoms with Gasteiger partial charge in [0.25, 0.3) is 0 Å². The molecule has 228 valence electrons. The van der Waals surface area contributed by atoms with E-state index in [-0.39, 0.29) is 0 Å². The molecule has 0 aliphatic heterocycles. The van der Waals surface area contributed by atoms with Crippen LogP contribution in [0.3, 0.4) is 0 Å². The van der Waals surface area contributed by atoms with E-state index in [1.807, 2.05) is 24.3 Å². The number of rotatable bonds is 6. The molecule has 0 amide bonds. The molecule has 8 rings (SSSR count). The van der Waals surface area contributed by atoms with Gasteiger partial charge in [0, 0.05) is 11.4 Å². The van der Waals surface area contributed by atoms with E-state index in [1.54, 1.807) is 0 Å². The van der Waals surface area contributed by atoms with Crippen LogP contribution < -0.4 is 11.5 Å². The first-order chi connectivity index (χ1) is 23.6. The van der Waals surface area contributed by atoms with Gasteiger partial charge in [-0.1, -0.05) is 146 Å². The van der Waals surface area contributed by atoms with Crippen molar-refractivity contribution in [2.24, 2.45) is 0 Å². The van der Waals surface area contributed by atoms with E-state index in [9.17, 15) is 0 Å². The van der Waals surface area contributed by atoms with Gasteiger partial charge in [0.15, 0.2) is 0 Å². The lowest BCUT2D eigenvalue weighted by molar-refractivity contribution is 1.50. The van der Waals surface area contributed by atoms with Crippen molar-refractivity contribution >= 4 is 44.1 Å². The minimum atomic E-state index is 0.733. The number of fused-ring (bicyclic) bond motifs is 2. The quantitative estimate of drug-likeness (QED) is 0.145. The van der Waals surface area contributed by atoms with Gasteiger partial charge in [0.1, 0.15) is 0 Å². The average molecular weight is 615 g/mol. The van der Waals surface area contributed by atoms with Gasteiger partial charge in [0.2, 0.25) is 0 Å². The van der Waals surface area contributed by atoms with Crippen LogP contribution in [0.15, 0.2) is 182 Å². The maximum absolute atomic E-state index is 6.16. The molecule has 0 heterocycles. The smallest absolute Gasteiger partial charge is 0.0314 e. The summed E-state index contributed by atoms with van der Waals surface area (Å²) in [6, 6.07) is 64.5. The van der Waals surface area contributed by atoms with Crippen molar-refractivity contribution < 1.29 is 0 Å². The van der Waals surface area contributed by atoms with Crippen molar-refractivity contribution in [1.82, 2.24) is 0 Å². The molecule has 0 bridgehead atoms. The van der Waals surface area contributed by atoms with Crippen LogP contribution in [-0.2, 0) is 0 Å². The Balaban J connectivity index is 1.29. The highest BCUT2D eigenvalue weighted by atomic mass is 14.5. The van der Waals surface area contributed by atoms with Gasteiger partial charge in [-0.15, -0.1) is 0 Å². The molecule has 0 saturated carbocycles. The Kier molecular flexibility index (Phi) is 7.52. The first-order valence-corrected chi connectivity index (χ1v) is 16.2. The molecule has 0 aliphatic rings. The molecule has 0 aliphatic carbocycles. The van der Waals surface area contributed by atoms with Crippen molar-refractivity contribution in [2.45, 2.75) is 0 Å². The minimum Gasteiger partial charge on any atom is -0.399 e. The van der Waals surface area contributed by atoms with Gasteiger partial charge in [-0.05, 0) is 114 Å². The number of nitrogens with two attached hydrogens (primary N) is 2. The van der Waals surface area contributed by atoms with E-state index in [4.69, 9.17) is 11.5 Å². The average Bonchev–Trinajstić information content (AvgIpc) is 3.15. The zero-order valence-corrected chi connectivity index (χ0v) is 26.5. The summed E-state index contributed by atoms with van der Waals surface area (Å²) in [7, 11) is 0. The summed E-state index contributed by atoms with van der Waals surface area (Å²) in [5, 5.41) is 4.96. The fraction of sp³-hybridized carbons (Fsp3) is 0. The Morgan fingerprint density at radius 3 is 0.917 bits per heavy atom. The molecule has 0 saturated heterocycles. The maximum atomic E-state index is 6.16. The molecule has 0 spiro atoms. The predicted molar refractivity (Wildman–Crippen MR) is 205 cm³/mol. The highest BCUT2D eigenvalue weighted by Gasteiger charge is 2.17. The monoisotopic (exact) mass is 614 g/mol. The molecule has 4 N–H and O–H groups in total. The Morgan fingerprint density at radius 1 is 0.271 bits per heavy atom. The lowest BCUT2D eigenvalue weighted by Gasteiger charge is -2.19. The lowest BCUT2D eigenvalue weighted by atomic mass is 9.84. The van der Waals surface area contributed by atoms with Crippen LogP contribution in [0, 0.1) is 0 Å². The fourth-order valence-corrected chi connectivity index (χ4v) is 6.61. The molecule has 0 unspecified atom stereocenters. The van der Waals surface area contributed by atoms with Crippen molar-refractivity contribution in [3.05, 3.63) is 204 Å². The highest BCUT2D eigenvalue weighted by Crippen LogP contribution is 2.39. The van der Waals surface area contributed by atoms with Gasteiger partial charge in [0.05, 0.1) is 0 Å². The van der Waals surface area contributed by atoms with Crippen LogP contribution >= 0.6 is 0 Å². The first kappa shape index (κ1) is 29.1. The SMILES string of the molecule is Nc1ccc(C(=C(c2ccc(-c3ccc4ccccc4c3)cc2)c2ccc(-c3ccc4ccccc4c3)cc2)c2ccc(N)cc2)cc1. The van der Waals surface area contributed by atoms with Gasteiger partial charge < -0.3 is 11.5 Å². The molecular formula is C46H34N2. The number of anilines is 2. The summed E-state index contributed by atoms with van der Waals surface area (Å²) in [6.45, 7) is 0. The van der Waals surface area contributed by atoms with E-state index in [0.29, 0.717) is 0 Å². The Labute approximate surface area is 281 Å². The summed E-state index contributed by atoms with van der Waals surface area (Å²) < 4.78 is 0. The zero-order chi connectivity index (χ0) is 32.5. The molecule has 0 fully saturated rings. The normalized spacial score (nSPS) is 11.1. The van der Waals surface area contributed by atoms with Crippen LogP contribution in [0.2, 0.25) is 0 Å². The van der Waals surface area contributed by atoms with Crippen molar-refractivity contribution in [3.8, 4) is 22.3 Å². The van der Waals surface area contributed by atoms with Crippen LogP contribution in [-0.4, -0.2) is 0 Å². The molecule has 0 atom stereocenters. The van der Waals surface area contributed by atoms with Crippen LogP contribution in [0.5, 0.6) is 0 Å². The largest absolute Gasteiger partial charge is 0.399 e. The van der Waals surface area contributed by atoms with Gasteiger partial charge in [-0.2, -0.15) is 0 Å². The summed E-state index contributed by atoms with van der Waals surface area (Å²) in [6.07, 6.45) is 0. The van der Waals surface area contributed by atoms with Crippen LogP contribution in [0.25, 0.3) is 54.9 Å². The zero-order valence-electron chi connectivity index (χ0n) is 26.5. The molecular weight excluding hydrogens is 581 g/mol. The molecule has 8 aromatic rings. The number of hydrogen-bond acceptors (Lipinski definition) is 2. The predicted octanol–water partition coefficient (Wildman–Crippen LogP) is 11.5. The minimum absolute atomic E-state index is 0.733. The molecule has 48 heavy (non-hydrogen) atoms. The third-order valence-electron chi connectivity index (χ3n) is 9.16. The molecule has 0 aromatic heterocycles. The molecule has 2 heteroatoms. The summed E-state index contributed by atoms with van der Waals surface area (Å²) in [4.78, 5) is 0. The van der Waals surface area contributed by atoms with Crippen LogP contribution in [0.4, 0.5) is 11.4 Å². The standard InChI is InChI=1S/C46H34N2/c47-43-25-21-37(22-26-43)46(38-23-27-44(48)28-24-38)45(35-15-9-33(10-16-35)41-19-13-31-5-1-3-7-39(31)29-41)36-17-11-34(12-18-36)42-20-14-32-6-2-4-8-40(32)30-42/h1-30H,47-48H2. The number of hydrogen-bond donors (Lipinski definition) is 2. The second-order valence-corrected chi connectivity index (χ2v) is 12.3. The van der Waals surface area contributed by atoms with Crippen molar-refractivity contribution in [3.63, 3.8) is 0 Å². The summed E-state index contributed by atoms with van der Waals surface area (Å²) in [5.41, 5.74) is 25.2. The van der Waals surface area contributed by atoms with Gasteiger partial charge >= 0.3 is 0 Å². The van der Waals surface area contributed by atoms with Crippen molar-refractivity contribution in [2.75, 3.05) is 11.5 Å².